The van der Waals surface area contributed by atoms with Crippen molar-refractivity contribution in [3.8, 4) is 0 Å². The molecule has 0 aliphatic carbocycles. The van der Waals surface area contributed by atoms with Crippen LogP contribution in [0.1, 0.15) is 0 Å². The predicted molar refractivity (Wildman–Crippen MR) is 57.9 cm³/mol. The molecular weight excluding hydrogens is 459 g/mol. The number of hydrogen-bond acceptors (Lipinski definition) is 0. The van der Waals surface area contributed by atoms with Crippen LogP contribution in [0.5, 0.6) is 0 Å². The Morgan fingerprint density at radius 3 is 1.83 bits per heavy atom. The van der Waals surface area contributed by atoms with Crippen LogP contribution in [0.25, 0.3) is 0 Å². The zero-order valence-electron chi connectivity index (χ0n) is 5.54. The molecule has 0 N–H and O–H groups in total. The van der Waals surface area contributed by atoms with E-state index in [2.05, 4.69) is 9.95 Å². The van der Waals surface area contributed by atoms with Crippen molar-refractivity contribution in [3.63, 3.8) is 0 Å². The van der Waals surface area contributed by atoms with Crippen molar-refractivity contribution < 1.29 is 0 Å². The molecule has 0 fully saturated rings. The average molecular weight is 461 g/mol. The SMILES string of the molecule is ClC1=C(Cl)[Se]C(=C2[Se]C=C[Se]2)[Se]1. The summed E-state index contributed by atoms with van der Waals surface area (Å²) in [6.45, 7) is 0. The molecule has 0 atom stereocenters. The van der Waals surface area contributed by atoms with Crippen LogP contribution in [-0.2, 0) is 0 Å². The molecule has 0 spiro atoms. The van der Waals surface area contributed by atoms with E-state index in [9.17, 15) is 0 Å². The molecule has 0 nitrogen and oxygen atoms in total. The van der Waals surface area contributed by atoms with Gasteiger partial charge in [-0.05, 0) is 0 Å². The Morgan fingerprint density at radius 1 is 0.833 bits per heavy atom. The molecule has 64 valence electrons. The Kier molecular flexibility index (Phi) is 3.98. The molecule has 2 aliphatic heterocycles. The molecular formula is C6H2Cl2Se4. The summed E-state index contributed by atoms with van der Waals surface area (Å²) < 4.78 is 5.22. The van der Waals surface area contributed by atoms with Crippen LogP contribution in [0.2, 0.25) is 0 Å². The summed E-state index contributed by atoms with van der Waals surface area (Å²) >= 11 is 14.0. The summed E-state index contributed by atoms with van der Waals surface area (Å²) in [7, 11) is 0. The Bertz CT molecular complexity index is 279. The van der Waals surface area contributed by atoms with Gasteiger partial charge < -0.3 is 0 Å². The Balaban J connectivity index is 2.16. The third-order valence-corrected chi connectivity index (χ3v) is 17.1. The molecule has 0 aromatic heterocycles. The van der Waals surface area contributed by atoms with Gasteiger partial charge in [-0.3, -0.25) is 0 Å². The van der Waals surface area contributed by atoms with Gasteiger partial charge >= 0.3 is 108 Å². The zero-order chi connectivity index (χ0) is 8.55. The number of halogens is 2. The molecule has 0 bridgehead atoms. The van der Waals surface area contributed by atoms with Crippen LogP contribution in [0.4, 0.5) is 0 Å². The first-order chi connectivity index (χ1) is 5.77. The Hall–Kier alpha value is 1.88. The third kappa shape index (κ3) is 2.27. The molecule has 2 heterocycles. The van der Waals surface area contributed by atoms with Crippen LogP contribution in [-0.4, -0.2) is 59.8 Å². The van der Waals surface area contributed by atoms with Crippen molar-refractivity contribution in [3.05, 3.63) is 24.6 Å². The van der Waals surface area contributed by atoms with Gasteiger partial charge in [-0.2, -0.15) is 0 Å². The van der Waals surface area contributed by atoms with Crippen LogP contribution in [0.3, 0.4) is 0 Å². The average Bonchev–Trinajstić information content (AvgIpc) is 2.61. The summed E-state index contributed by atoms with van der Waals surface area (Å²) in [4.78, 5) is 4.64. The first-order valence-corrected chi connectivity index (χ1v) is 10.8. The second-order valence-corrected chi connectivity index (χ2v) is 14.4. The maximum absolute atomic E-state index is 5.99. The number of hydrogen-bond donors (Lipinski definition) is 0. The molecule has 2 rings (SSSR count). The van der Waals surface area contributed by atoms with Gasteiger partial charge in [0.25, 0.3) is 0 Å². The summed E-state index contributed by atoms with van der Waals surface area (Å²) in [6.07, 6.45) is 0. The minimum absolute atomic E-state index is 0.392. The van der Waals surface area contributed by atoms with Gasteiger partial charge in [0, 0.05) is 0 Å². The molecule has 0 aromatic rings. The van der Waals surface area contributed by atoms with Crippen molar-refractivity contribution in [2.75, 3.05) is 0 Å². The Morgan fingerprint density at radius 2 is 1.33 bits per heavy atom. The van der Waals surface area contributed by atoms with Crippen molar-refractivity contribution in [2.24, 2.45) is 0 Å². The van der Waals surface area contributed by atoms with E-state index in [0.29, 0.717) is 59.8 Å². The van der Waals surface area contributed by atoms with E-state index in [4.69, 9.17) is 23.2 Å². The molecule has 0 aromatic carbocycles. The maximum atomic E-state index is 5.99. The second kappa shape index (κ2) is 4.60. The van der Waals surface area contributed by atoms with E-state index in [1.807, 2.05) is 0 Å². The molecule has 2 aliphatic rings. The van der Waals surface area contributed by atoms with Gasteiger partial charge in [-0.15, -0.1) is 0 Å². The van der Waals surface area contributed by atoms with Gasteiger partial charge in [0.1, 0.15) is 0 Å². The summed E-state index contributed by atoms with van der Waals surface area (Å²) in [5.74, 6) is 0. The van der Waals surface area contributed by atoms with E-state index in [1.54, 1.807) is 6.74 Å². The number of rotatable bonds is 0. The fourth-order valence-corrected chi connectivity index (χ4v) is 15.8. The molecule has 0 amide bonds. The van der Waals surface area contributed by atoms with Crippen LogP contribution < -0.4 is 0 Å². The van der Waals surface area contributed by atoms with Gasteiger partial charge in [0.05, 0.1) is 0 Å². The fraction of sp³-hybridized carbons (Fsp3) is 0. The summed E-state index contributed by atoms with van der Waals surface area (Å²) in [6, 6.07) is 0. The molecule has 0 saturated carbocycles. The van der Waals surface area contributed by atoms with Gasteiger partial charge in [0.15, 0.2) is 0 Å². The van der Waals surface area contributed by atoms with E-state index in [-0.39, 0.29) is 0 Å². The quantitative estimate of drug-likeness (QED) is 0.474. The van der Waals surface area contributed by atoms with Crippen molar-refractivity contribution in [1.82, 2.24) is 0 Å². The van der Waals surface area contributed by atoms with Gasteiger partial charge in [-0.25, -0.2) is 0 Å². The standard InChI is InChI=1S/C6H2Cl2Se4/c7-3-4(8)12-6(11-3)5-9-1-2-10-5/h1-2H. The van der Waals surface area contributed by atoms with Crippen molar-refractivity contribution >= 4 is 83.0 Å². The van der Waals surface area contributed by atoms with Crippen LogP contribution in [0, 0.1) is 0 Å². The van der Waals surface area contributed by atoms with E-state index in [1.165, 1.54) is 0 Å². The van der Waals surface area contributed by atoms with Crippen molar-refractivity contribution in [1.29, 1.82) is 0 Å². The second-order valence-electron chi connectivity index (χ2n) is 1.83. The zero-order valence-corrected chi connectivity index (χ0v) is 13.9. The first-order valence-electron chi connectivity index (χ1n) is 2.91. The van der Waals surface area contributed by atoms with Crippen LogP contribution in [0.15, 0.2) is 24.6 Å². The minimum atomic E-state index is 0.392. The normalized spacial score (nSPS) is 23.2. The topological polar surface area (TPSA) is 0 Å². The summed E-state index contributed by atoms with van der Waals surface area (Å²) in [5.41, 5.74) is 0. The van der Waals surface area contributed by atoms with Crippen LogP contribution >= 0.6 is 23.2 Å². The molecule has 6 heteroatoms. The molecule has 0 radical (unpaired) electrons. The Labute approximate surface area is 106 Å². The summed E-state index contributed by atoms with van der Waals surface area (Å²) in [5, 5.41) is 0. The molecule has 0 saturated heterocycles. The predicted octanol–water partition coefficient (Wildman–Crippen LogP) is 1.03. The molecule has 12 heavy (non-hydrogen) atoms. The molecule has 0 unspecified atom stereocenters. The van der Waals surface area contributed by atoms with Gasteiger partial charge in [0.2, 0.25) is 0 Å². The van der Waals surface area contributed by atoms with Crippen molar-refractivity contribution in [2.45, 2.75) is 0 Å². The van der Waals surface area contributed by atoms with E-state index < -0.39 is 0 Å². The monoisotopic (exact) mass is 464 g/mol. The van der Waals surface area contributed by atoms with Gasteiger partial charge in [-0.1, -0.05) is 0 Å². The fourth-order valence-electron chi connectivity index (χ4n) is 0.650. The third-order valence-electron chi connectivity index (χ3n) is 1.09. The van der Waals surface area contributed by atoms with E-state index in [0.717, 1.165) is 7.86 Å². The van der Waals surface area contributed by atoms with E-state index >= 15 is 0 Å². The first kappa shape index (κ1) is 10.4.